The Morgan fingerprint density at radius 2 is 1.85 bits per heavy atom. The molecule has 1 aliphatic heterocycles. The zero-order valence-electron chi connectivity index (χ0n) is 21.6. The maximum absolute atomic E-state index is 13.1. The van der Waals surface area contributed by atoms with Crippen molar-refractivity contribution in [3.05, 3.63) is 97.9 Å². The molecule has 0 atom stereocenters. The van der Waals surface area contributed by atoms with Gasteiger partial charge in [0, 0.05) is 0 Å². The number of halogens is 1. The number of hydrogen-bond acceptors (Lipinski definition) is 8. The monoisotopic (exact) mass is 669 g/mol. The Hall–Kier alpha value is -3.77. The molecule has 40 heavy (non-hydrogen) atoms. The van der Waals surface area contributed by atoms with Crippen LogP contribution in [-0.2, 0) is 22.7 Å². The minimum Gasteiger partial charge on any atom is -0.490 e. The number of nitrogens with zero attached hydrogens (tertiary/aromatic N) is 1. The van der Waals surface area contributed by atoms with Crippen molar-refractivity contribution in [3.8, 4) is 11.5 Å². The number of imide groups is 1. The second-order valence-electron chi connectivity index (χ2n) is 8.72. The molecule has 0 N–H and O–H groups in total. The molecule has 10 heteroatoms. The first kappa shape index (κ1) is 27.8. The van der Waals surface area contributed by atoms with Crippen molar-refractivity contribution in [3.63, 3.8) is 0 Å². The van der Waals surface area contributed by atoms with Crippen LogP contribution in [0.1, 0.15) is 34.4 Å². The van der Waals surface area contributed by atoms with Gasteiger partial charge < -0.3 is 18.6 Å². The third-order valence-electron chi connectivity index (χ3n) is 6.12. The number of thioether (sulfide) groups is 1. The third-order valence-corrected chi connectivity index (χ3v) is 7.83. The number of benzene rings is 3. The number of carbonyl (C=O) groups excluding carboxylic acids is 3. The van der Waals surface area contributed by atoms with E-state index in [0.29, 0.717) is 36.0 Å². The van der Waals surface area contributed by atoms with Crippen molar-refractivity contribution in [2.45, 2.75) is 20.1 Å². The Morgan fingerprint density at radius 3 is 2.65 bits per heavy atom. The molecule has 1 aliphatic rings. The molecule has 0 spiro atoms. The molecule has 5 rings (SSSR count). The predicted octanol–water partition coefficient (Wildman–Crippen LogP) is 7.04. The van der Waals surface area contributed by atoms with Gasteiger partial charge in [-0.2, -0.15) is 0 Å². The molecule has 0 aliphatic carbocycles. The van der Waals surface area contributed by atoms with Crippen molar-refractivity contribution >= 4 is 68.3 Å². The Balaban J connectivity index is 1.36. The van der Waals surface area contributed by atoms with Crippen LogP contribution in [0, 0.1) is 3.57 Å². The van der Waals surface area contributed by atoms with Gasteiger partial charge in [0.25, 0.3) is 11.1 Å². The summed E-state index contributed by atoms with van der Waals surface area (Å²) >= 11 is 3.03. The van der Waals surface area contributed by atoms with E-state index in [9.17, 15) is 14.4 Å². The Bertz CT molecular complexity index is 1640. The molecule has 8 nitrogen and oxygen atoms in total. The van der Waals surface area contributed by atoms with Gasteiger partial charge >= 0.3 is 5.97 Å². The molecule has 0 radical (unpaired) electrons. The van der Waals surface area contributed by atoms with Gasteiger partial charge in [-0.05, 0) is 93.5 Å². The molecule has 2 amide bonds. The molecular weight excluding hydrogens is 645 g/mol. The molecule has 204 valence electrons. The third kappa shape index (κ3) is 5.87. The molecule has 0 unspecified atom stereocenters. The van der Waals surface area contributed by atoms with Gasteiger partial charge in [-0.1, -0.05) is 42.5 Å². The predicted molar refractivity (Wildman–Crippen MR) is 160 cm³/mol. The quantitative estimate of drug-likeness (QED) is 0.107. The molecule has 1 saturated heterocycles. The van der Waals surface area contributed by atoms with E-state index in [2.05, 4.69) is 45.5 Å². The topological polar surface area (TPSA) is 95.3 Å². The van der Waals surface area contributed by atoms with Gasteiger partial charge in [0.15, 0.2) is 11.5 Å². The number of ether oxygens (including phenoxy) is 3. The fourth-order valence-electron chi connectivity index (χ4n) is 4.26. The summed E-state index contributed by atoms with van der Waals surface area (Å²) < 4.78 is 23.0. The SMILES string of the molecule is CCOc1cc(/C=C2/SC(=O)N(Cc3ccc(C(=O)OC)o3)C2=O)cc(I)c1OCc1cccc2ccccc12. The number of furan rings is 1. The Kier molecular flexibility index (Phi) is 8.46. The van der Waals surface area contributed by atoms with E-state index < -0.39 is 17.1 Å². The smallest absolute Gasteiger partial charge is 0.373 e. The molecule has 1 fully saturated rings. The number of esters is 1. The second kappa shape index (κ2) is 12.2. The lowest BCUT2D eigenvalue weighted by atomic mass is 10.1. The van der Waals surface area contributed by atoms with Crippen LogP contribution in [0.2, 0.25) is 0 Å². The van der Waals surface area contributed by atoms with Gasteiger partial charge in [-0.3, -0.25) is 14.5 Å². The lowest BCUT2D eigenvalue weighted by molar-refractivity contribution is -0.123. The molecule has 1 aromatic heterocycles. The van der Waals surface area contributed by atoms with E-state index >= 15 is 0 Å². The zero-order valence-corrected chi connectivity index (χ0v) is 24.6. The van der Waals surface area contributed by atoms with E-state index in [1.54, 1.807) is 12.1 Å². The average molecular weight is 669 g/mol. The number of rotatable bonds is 9. The normalized spacial score (nSPS) is 14.3. The summed E-state index contributed by atoms with van der Waals surface area (Å²) in [5.74, 6) is 0.372. The highest BCUT2D eigenvalue weighted by Crippen LogP contribution is 2.38. The minimum absolute atomic E-state index is 0.000743. The van der Waals surface area contributed by atoms with E-state index in [1.165, 1.54) is 19.2 Å². The van der Waals surface area contributed by atoms with Gasteiger partial charge in [0.05, 0.1) is 28.7 Å². The van der Waals surface area contributed by atoms with Crippen molar-refractivity contribution in [1.29, 1.82) is 0 Å². The first-order valence-electron chi connectivity index (χ1n) is 12.4. The summed E-state index contributed by atoms with van der Waals surface area (Å²) in [6, 6.07) is 20.9. The Labute approximate surface area is 248 Å². The van der Waals surface area contributed by atoms with Crippen LogP contribution in [0.15, 0.2) is 76.1 Å². The highest BCUT2D eigenvalue weighted by Gasteiger charge is 2.36. The van der Waals surface area contributed by atoms with Crippen LogP contribution in [0.4, 0.5) is 4.79 Å². The van der Waals surface area contributed by atoms with E-state index in [0.717, 1.165) is 36.6 Å². The molecular formula is C30H24INO7S. The first-order chi connectivity index (χ1) is 19.4. The highest BCUT2D eigenvalue weighted by atomic mass is 127. The lowest BCUT2D eigenvalue weighted by Gasteiger charge is -2.16. The first-order valence-corrected chi connectivity index (χ1v) is 14.3. The fraction of sp³-hybridized carbons (Fsp3) is 0.167. The summed E-state index contributed by atoms with van der Waals surface area (Å²) in [6.45, 7) is 2.58. The van der Waals surface area contributed by atoms with Gasteiger partial charge in [-0.25, -0.2) is 4.79 Å². The van der Waals surface area contributed by atoms with Gasteiger partial charge in [-0.15, -0.1) is 0 Å². The van der Waals surface area contributed by atoms with Crippen molar-refractivity contribution in [2.24, 2.45) is 0 Å². The summed E-state index contributed by atoms with van der Waals surface area (Å²) in [7, 11) is 1.24. The zero-order chi connectivity index (χ0) is 28.2. The summed E-state index contributed by atoms with van der Waals surface area (Å²) in [6.07, 6.45) is 1.66. The molecule has 4 aromatic rings. The van der Waals surface area contributed by atoms with Crippen LogP contribution < -0.4 is 9.47 Å². The molecule has 2 heterocycles. The highest BCUT2D eigenvalue weighted by molar-refractivity contribution is 14.1. The molecule has 3 aromatic carbocycles. The van der Waals surface area contributed by atoms with Crippen molar-refractivity contribution < 1.29 is 33.0 Å². The summed E-state index contributed by atoms with van der Waals surface area (Å²) in [5.41, 5.74) is 1.76. The van der Waals surface area contributed by atoms with Crippen LogP contribution in [0.25, 0.3) is 16.8 Å². The number of carbonyl (C=O) groups is 3. The molecule has 0 saturated carbocycles. The largest absolute Gasteiger partial charge is 0.490 e. The van der Waals surface area contributed by atoms with Crippen LogP contribution in [0.5, 0.6) is 11.5 Å². The summed E-state index contributed by atoms with van der Waals surface area (Å²) in [5, 5.41) is 1.84. The van der Waals surface area contributed by atoms with Crippen molar-refractivity contribution in [2.75, 3.05) is 13.7 Å². The van der Waals surface area contributed by atoms with Crippen molar-refractivity contribution in [1.82, 2.24) is 4.90 Å². The Morgan fingerprint density at radius 1 is 1.05 bits per heavy atom. The second-order valence-corrected chi connectivity index (χ2v) is 10.9. The van der Waals surface area contributed by atoms with E-state index in [1.807, 2.05) is 37.3 Å². The van der Waals surface area contributed by atoms with Gasteiger partial charge in [0.2, 0.25) is 5.76 Å². The average Bonchev–Trinajstić information content (AvgIpc) is 3.52. The number of amides is 2. The molecule has 0 bridgehead atoms. The lowest BCUT2D eigenvalue weighted by Crippen LogP contribution is -2.27. The fourth-order valence-corrected chi connectivity index (χ4v) is 5.88. The van der Waals surface area contributed by atoms with Gasteiger partial charge in [0.1, 0.15) is 12.4 Å². The number of fused-ring (bicyclic) bond motifs is 1. The maximum atomic E-state index is 13.1. The summed E-state index contributed by atoms with van der Waals surface area (Å²) in [4.78, 5) is 38.7. The maximum Gasteiger partial charge on any atom is 0.373 e. The van der Waals surface area contributed by atoms with Crippen LogP contribution >= 0.6 is 34.4 Å². The van der Waals surface area contributed by atoms with E-state index in [-0.39, 0.29) is 17.2 Å². The minimum atomic E-state index is -0.635. The standard InChI is InChI=1S/C30H24INO7S/c1-3-37-25-14-18(13-23(31)27(25)38-17-20-9-6-8-19-7-4-5-10-22(19)20)15-26-28(33)32(30(35)40-26)16-21-11-12-24(39-21)29(34)36-2/h4-15H,3,16-17H2,1-2H3/b26-15+. The van der Waals surface area contributed by atoms with Crippen LogP contribution in [0.3, 0.4) is 0 Å². The number of hydrogen-bond donors (Lipinski definition) is 0. The van der Waals surface area contributed by atoms with E-state index in [4.69, 9.17) is 13.9 Å². The van der Waals surface area contributed by atoms with Crippen LogP contribution in [-0.4, -0.2) is 35.7 Å². The number of methoxy groups -OCH3 is 1.